The number of aromatic nitrogens is 1. The van der Waals surface area contributed by atoms with Gasteiger partial charge in [0.25, 0.3) is 0 Å². The summed E-state index contributed by atoms with van der Waals surface area (Å²) in [4.78, 5) is 4.39. The number of aryl methyl sites for hydroxylation is 1. The summed E-state index contributed by atoms with van der Waals surface area (Å²) >= 11 is 3.53. The van der Waals surface area contributed by atoms with E-state index in [9.17, 15) is 0 Å². The van der Waals surface area contributed by atoms with Crippen LogP contribution in [0.15, 0.2) is 41.0 Å². The van der Waals surface area contributed by atoms with E-state index in [1.54, 1.807) is 7.11 Å². The van der Waals surface area contributed by atoms with Gasteiger partial charge in [0.2, 0.25) is 0 Å². The van der Waals surface area contributed by atoms with Crippen LogP contribution in [-0.4, -0.2) is 12.1 Å². The van der Waals surface area contributed by atoms with E-state index in [4.69, 9.17) is 4.74 Å². The van der Waals surface area contributed by atoms with Crippen LogP contribution in [0.5, 0.6) is 5.75 Å². The third kappa shape index (κ3) is 3.47. The number of anilines is 1. The molecule has 1 heterocycles. The van der Waals surface area contributed by atoms with E-state index in [-0.39, 0.29) is 6.04 Å². The molecule has 1 aromatic heterocycles. The third-order valence-electron chi connectivity index (χ3n) is 2.95. The zero-order valence-corrected chi connectivity index (χ0v) is 12.9. The van der Waals surface area contributed by atoms with Crippen LogP contribution in [-0.2, 0) is 0 Å². The number of nitrogens with one attached hydrogen (secondary N) is 1. The molecule has 1 N–H and O–H groups in total. The average molecular weight is 321 g/mol. The maximum Gasteiger partial charge on any atom is 0.140 e. The second-order valence-corrected chi connectivity index (χ2v) is 5.34. The molecule has 100 valence electrons. The van der Waals surface area contributed by atoms with Gasteiger partial charge in [0, 0.05) is 12.2 Å². The Morgan fingerprint density at radius 1 is 1.26 bits per heavy atom. The Morgan fingerprint density at radius 3 is 2.53 bits per heavy atom. The summed E-state index contributed by atoms with van der Waals surface area (Å²) in [7, 11) is 1.67. The van der Waals surface area contributed by atoms with Crippen molar-refractivity contribution in [1.29, 1.82) is 0 Å². The SMILES string of the molecule is COc1ccc(C(C)Nc2ncc(C)cc2Br)cc1. The smallest absolute Gasteiger partial charge is 0.140 e. The van der Waals surface area contributed by atoms with Crippen molar-refractivity contribution in [2.45, 2.75) is 19.9 Å². The normalized spacial score (nSPS) is 12.0. The van der Waals surface area contributed by atoms with Gasteiger partial charge in [0.15, 0.2) is 0 Å². The van der Waals surface area contributed by atoms with Crippen molar-refractivity contribution in [2.24, 2.45) is 0 Å². The molecule has 0 aliphatic heterocycles. The molecule has 0 saturated heterocycles. The highest BCUT2D eigenvalue weighted by Crippen LogP contribution is 2.26. The van der Waals surface area contributed by atoms with Crippen molar-refractivity contribution in [2.75, 3.05) is 12.4 Å². The summed E-state index contributed by atoms with van der Waals surface area (Å²) in [6, 6.07) is 10.3. The Hall–Kier alpha value is -1.55. The molecule has 1 atom stereocenters. The van der Waals surface area contributed by atoms with Crippen LogP contribution in [0.4, 0.5) is 5.82 Å². The van der Waals surface area contributed by atoms with Crippen LogP contribution in [0, 0.1) is 6.92 Å². The molecule has 1 aromatic carbocycles. The Balaban J connectivity index is 2.13. The van der Waals surface area contributed by atoms with Crippen molar-refractivity contribution < 1.29 is 4.74 Å². The van der Waals surface area contributed by atoms with Crippen molar-refractivity contribution in [3.05, 3.63) is 52.1 Å². The number of hydrogen-bond donors (Lipinski definition) is 1. The first-order valence-corrected chi connectivity index (χ1v) is 6.92. The first kappa shape index (κ1) is 13.9. The molecule has 3 nitrogen and oxygen atoms in total. The quantitative estimate of drug-likeness (QED) is 0.910. The molecule has 2 rings (SSSR count). The highest BCUT2D eigenvalue weighted by atomic mass is 79.9. The molecular weight excluding hydrogens is 304 g/mol. The fraction of sp³-hybridized carbons (Fsp3) is 0.267. The molecule has 0 saturated carbocycles. The van der Waals surface area contributed by atoms with Crippen molar-refractivity contribution in [3.63, 3.8) is 0 Å². The van der Waals surface area contributed by atoms with Gasteiger partial charge in [-0.25, -0.2) is 4.98 Å². The van der Waals surface area contributed by atoms with Gasteiger partial charge in [-0.15, -0.1) is 0 Å². The molecule has 0 fully saturated rings. The standard InChI is InChI=1S/C15H17BrN2O/c1-10-8-14(16)15(17-9-10)18-11(2)12-4-6-13(19-3)7-5-12/h4-9,11H,1-3H3,(H,17,18). The molecule has 0 aliphatic rings. The maximum absolute atomic E-state index is 5.16. The number of nitrogens with zero attached hydrogens (tertiary/aromatic N) is 1. The van der Waals surface area contributed by atoms with E-state index in [1.807, 2.05) is 25.3 Å². The van der Waals surface area contributed by atoms with E-state index in [0.29, 0.717) is 0 Å². The Bertz CT molecular complexity index is 555. The lowest BCUT2D eigenvalue weighted by Gasteiger charge is -2.16. The molecule has 0 aliphatic carbocycles. The largest absolute Gasteiger partial charge is 0.497 e. The van der Waals surface area contributed by atoms with Crippen molar-refractivity contribution in [3.8, 4) is 5.75 Å². The predicted octanol–water partition coefficient (Wildman–Crippen LogP) is 4.33. The number of pyridine rings is 1. The van der Waals surface area contributed by atoms with Crippen LogP contribution < -0.4 is 10.1 Å². The van der Waals surface area contributed by atoms with E-state index >= 15 is 0 Å². The average Bonchev–Trinajstić information content (AvgIpc) is 2.42. The number of methoxy groups -OCH3 is 1. The lowest BCUT2D eigenvalue weighted by atomic mass is 10.1. The number of benzene rings is 1. The summed E-state index contributed by atoms with van der Waals surface area (Å²) < 4.78 is 6.14. The highest BCUT2D eigenvalue weighted by molar-refractivity contribution is 9.10. The highest BCUT2D eigenvalue weighted by Gasteiger charge is 2.08. The topological polar surface area (TPSA) is 34.1 Å². The van der Waals surface area contributed by atoms with Gasteiger partial charge in [-0.05, 0) is 59.1 Å². The summed E-state index contributed by atoms with van der Waals surface area (Å²) in [6.07, 6.45) is 1.85. The van der Waals surface area contributed by atoms with Gasteiger partial charge in [0.1, 0.15) is 11.6 Å². The van der Waals surface area contributed by atoms with Gasteiger partial charge < -0.3 is 10.1 Å². The second kappa shape index (κ2) is 6.06. The minimum absolute atomic E-state index is 0.178. The first-order valence-electron chi connectivity index (χ1n) is 6.13. The fourth-order valence-corrected chi connectivity index (χ4v) is 2.40. The van der Waals surface area contributed by atoms with Crippen molar-refractivity contribution in [1.82, 2.24) is 4.98 Å². The molecule has 0 spiro atoms. The number of halogens is 1. The molecule has 0 radical (unpaired) electrons. The van der Waals surface area contributed by atoms with E-state index < -0.39 is 0 Å². The van der Waals surface area contributed by atoms with E-state index in [1.165, 1.54) is 5.56 Å². The Kier molecular flexibility index (Phi) is 4.43. The van der Waals surface area contributed by atoms with Gasteiger partial charge in [0.05, 0.1) is 11.6 Å². The van der Waals surface area contributed by atoms with Gasteiger partial charge in [-0.2, -0.15) is 0 Å². The first-order chi connectivity index (χ1) is 9.10. The Morgan fingerprint density at radius 2 is 1.95 bits per heavy atom. The van der Waals surface area contributed by atoms with Crippen LogP contribution >= 0.6 is 15.9 Å². The molecule has 0 bridgehead atoms. The summed E-state index contributed by atoms with van der Waals surface area (Å²) in [5, 5.41) is 3.39. The predicted molar refractivity (Wildman–Crippen MR) is 81.7 cm³/mol. The molecule has 2 aromatic rings. The summed E-state index contributed by atoms with van der Waals surface area (Å²) in [5.41, 5.74) is 2.32. The molecule has 0 amide bonds. The number of hydrogen-bond acceptors (Lipinski definition) is 3. The molecule has 19 heavy (non-hydrogen) atoms. The maximum atomic E-state index is 5.16. The Labute approximate surface area is 122 Å². The van der Waals surface area contributed by atoms with Gasteiger partial charge >= 0.3 is 0 Å². The second-order valence-electron chi connectivity index (χ2n) is 4.48. The minimum Gasteiger partial charge on any atom is -0.497 e. The molecule has 1 unspecified atom stereocenters. The fourth-order valence-electron chi connectivity index (χ4n) is 1.82. The van der Waals surface area contributed by atoms with Crippen LogP contribution in [0.2, 0.25) is 0 Å². The molecular formula is C15H17BrN2O. The lowest BCUT2D eigenvalue weighted by Crippen LogP contribution is -2.08. The lowest BCUT2D eigenvalue weighted by molar-refractivity contribution is 0.414. The van der Waals surface area contributed by atoms with Crippen LogP contribution in [0.3, 0.4) is 0 Å². The van der Waals surface area contributed by atoms with Crippen LogP contribution in [0.25, 0.3) is 0 Å². The summed E-state index contributed by atoms with van der Waals surface area (Å²) in [6.45, 7) is 4.13. The minimum atomic E-state index is 0.178. The number of rotatable bonds is 4. The summed E-state index contributed by atoms with van der Waals surface area (Å²) in [5.74, 6) is 1.72. The number of ether oxygens (including phenoxy) is 1. The van der Waals surface area contributed by atoms with Crippen molar-refractivity contribution >= 4 is 21.7 Å². The monoisotopic (exact) mass is 320 g/mol. The van der Waals surface area contributed by atoms with E-state index in [2.05, 4.69) is 51.4 Å². The van der Waals surface area contributed by atoms with Gasteiger partial charge in [-0.1, -0.05) is 12.1 Å². The van der Waals surface area contributed by atoms with Crippen LogP contribution in [0.1, 0.15) is 24.1 Å². The van der Waals surface area contributed by atoms with E-state index in [0.717, 1.165) is 21.6 Å². The zero-order chi connectivity index (χ0) is 13.8. The molecule has 4 heteroatoms. The third-order valence-corrected chi connectivity index (χ3v) is 3.55. The zero-order valence-electron chi connectivity index (χ0n) is 11.3. The van der Waals surface area contributed by atoms with Gasteiger partial charge in [-0.3, -0.25) is 0 Å².